The Kier molecular flexibility index (Phi) is 7.03. The standard InChI is InChI=1S/C22H25FN4O3/c1-30-13-5-12-26(14-17-8-10-18(23)11-9-17)19-20(24)27(22(29)25-21(19)28)15-16-6-3-2-4-7-16/h2-4,6-11H,5,12-15,24H2,1H3,(H,25,28,29). The number of nitrogen functional groups attached to an aromatic ring is 1. The molecule has 0 bridgehead atoms. The molecule has 30 heavy (non-hydrogen) atoms. The van der Waals surface area contributed by atoms with E-state index in [1.165, 1.54) is 16.7 Å². The van der Waals surface area contributed by atoms with Crippen molar-refractivity contribution in [2.24, 2.45) is 0 Å². The molecule has 0 radical (unpaired) electrons. The second-order valence-corrected chi connectivity index (χ2v) is 6.96. The van der Waals surface area contributed by atoms with Crippen LogP contribution in [0.15, 0.2) is 64.2 Å². The van der Waals surface area contributed by atoms with Gasteiger partial charge < -0.3 is 15.4 Å². The second kappa shape index (κ2) is 9.89. The van der Waals surface area contributed by atoms with Crippen LogP contribution in [-0.2, 0) is 17.8 Å². The van der Waals surface area contributed by atoms with Gasteiger partial charge in [-0.15, -0.1) is 0 Å². The summed E-state index contributed by atoms with van der Waals surface area (Å²) >= 11 is 0. The molecule has 0 saturated heterocycles. The molecule has 3 N–H and O–H groups in total. The molecule has 0 aliphatic rings. The van der Waals surface area contributed by atoms with Gasteiger partial charge in [-0.05, 0) is 29.7 Å². The van der Waals surface area contributed by atoms with Crippen molar-refractivity contribution in [3.05, 3.63) is 92.4 Å². The first-order chi connectivity index (χ1) is 14.5. The predicted molar refractivity (Wildman–Crippen MR) is 115 cm³/mol. The van der Waals surface area contributed by atoms with Crippen LogP contribution in [0.25, 0.3) is 0 Å². The summed E-state index contributed by atoms with van der Waals surface area (Å²) in [6, 6.07) is 15.4. The van der Waals surface area contributed by atoms with Crippen LogP contribution in [0.5, 0.6) is 0 Å². The first kappa shape index (κ1) is 21.3. The van der Waals surface area contributed by atoms with E-state index in [-0.39, 0.29) is 23.9 Å². The molecule has 0 aliphatic heterocycles. The number of benzene rings is 2. The average Bonchev–Trinajstić information content (AvgIpc) is 2.73. The fourth-order valence-corrected chi connectivity index (χ4v) is 3.29. The van der Waals surface area contributed by atoms with E-state index < -0.39 is 11.2 Å². The monoisotopic (exact) mass is 412 g/mol. The van der Waals surface area contributed by atoms with Crippen LogP contribution in [0.1, 0.15) is 17.5 Å². The zero-order valence-corrected chi connectivity index (χ0v) is 16.8. The number of methoxy groups -OCH3 is 1. The SMILES string of the molecule is COCCCN(Cc1ccc(F)cc1)c1c(N)n(Cc2ccccc2)c(=O)[nH]c1=O. The Morgan fingerprint density at radius 2 is 1.77 bits per heavy atom. The van der Waals surface area contributed by atoms with Crippen LogP contribution in [0, 0.1) is 5.82 Å². The lowest BCUT2D eigenvalue weighted by Gasteiger charge is -2.26. The van der Waals surface area contributed by atoms with E-state index in [9.17, 15) is 14.0 Å². The number of anilines is 2. The lowest BCUT2D eigenvalue weighted by atomic mass is 10.2. The maximum Gasteiger partial charge on any atom is 0.330 e. The van der Waals surface area contributed by atoms with E-state index in [1.807, 2.05) is 30.3 Å². The smallest absolute Gasteiger partial charge is 0.330 e. The molecule has 0 amide bonds. The van der Waals surface area contributed by atoms with E-state index in [1.54, 1.807) is 24.1 Å². The van der Waals surface area contributed by atoms with Crippen LogP contribution in [-0.4, -0.2) is 29.8 Å². The highest BCUT2D eigenvalue weighted by Gasteiger charge is 2.19. The van der Waals surface area contributed by atoms with Crippen LogP contribution in [0.2, 0.25) is 0 Å². The molecule has 0 aliphatic carbocycles. The van der Waals surface area contributed by atoms with Crippen molar-refractivity contribution < 1.29 is 9.13 Å². The predicted octanol–water partition coefficient (Wildman–Crippen LogP) is 2.35. The van der Waals surface area contributed by atoms with Crippen molar-refractivity contribution in [3.63, 3.8) is 0 Å². The topological polar surface area (TPSA) is 93.3 Å². The van der Waals surface area contributed by atoms with Gasteiger partial charge in [-0.3, -0.25) is 14.3 Å². The molecular formula is C22H25FN4O3. The number of aromatic nitrogens is 2. The number of nitrogens with two attached hydrogens (primary N) is 1. The molecule has 0 spiro atoms. The Morgan fingerprint density at radius 1 is 1.07 bits per heavy atom. The minimum absolute atomic E-state index is 0.0899. The summed E-state index contributed by atoms with van der Waals surface area (Å²) in [5, 5.41) is 0. The lowest BCUT2D eigenvalue weighted by molar-refractivity contribution is 0.196. The summed E-state index contributed by atoms with van der Waals surface area (Å²) in [4.78, 5) is 29.3. The number of rotatable bonds is 9. The summed E-state index contributed by atoms with van der Waals surface area (Å²) in [5.74, 6) is -0.245. The molecule has 0 saturated carbocycles. The maximum absolute atomic E-state index is 13.3. The third-order valence-corrected chi connectivity index (χ3v) is 4.78. The third-order valence-electron chi connectivity index (χ3n) is 4.78. The first-order valence-electron chi connectivity index (χ1n) is 9.64. The summed E-state index contributed by atoms with van der Waals surface area (Å²) in [6.07, 6.45) is 0.647. The second-order valence-electron chi connectivity index (χ2n) is 6.96. The number of H-pyrrole nitrogens is 1. The quantitative estimate of drug-likeness (QED) is 0.526. The molecule has 0 unspecified atom stereocenters. The normalized spacial score (nSPS) is 10.9. The fourth-order valence-electron chi connectivity index (χ4n) is 3.29. The van der Waals surface area contributed by atoms with Gasteiger partial charge in [-0.25, -0.2) is 9.18 Å². The highest BCUT2D eigenvalue weighted by Crippen LogP contribution is 2.20. The zero-order chi connectivity index (χ0) is 21.5. The largest absolute Gasteiger partial charge is 0.385 e. The van der Waals surface area contributed by atoms with E-state index >= 15 is 0 Å². The Hall–Kier alpha value is -3.39. The number of hydrogen-bond donors (Lipinski definition) is 2. The van der Waals surface area contributed by atoms with Gasteiger partial charge in [0.05, 0.1) is 6.54 Å². The molecule has 1 aromatic heterocycles. The van der Waals surface area contributed by atoms with Gasteiger partial charge in [0.15, 0.2) is 0 Å². The van der Waals surface area contributed by atoms with E-state index in [2.05, 4.69) is 4.98 Å². The van der Waals surface area contributed by atoms with Gasteiger partial charge in [0.1, 0.15) is 17.3 Å². The third kappa shape index (κ3) is 5.15. The maximum atomic E-state index is 13.3. The Labute approximate surface area is 173 Å². The van der Waals surface area contributed by atoms with E-state index in [4.69, 9.17) is 10.5 Å². The molecule has 158 valence electrons. The Balaban J connectivity index is 2.00. The van der Waals surface area contributed by atoms with Crippen molar-refractivity contribution in [2.45, 2.75) is 19.5 Å². The summed E-state index contributed by atoms with van der Waals surface area (Å²) in [7, 11) is 1.60. The van der Waals surface area contributed by atoms with Gasteiger partial charge in [-0.1, -0.05) is 42.5 Å². The number of aromatic amines is 1. The van der Waals surface area contributed by atoms with Crippen molar-refractivity contribution in [1.82, 2.24) is 9.55 Å². The number of nitrogens with one attached hydrogen (secondary N) is 1. The van der Waals surface area contributed by atoms with Crippen LogP contribution >= 0.6 is 0 Å². The summed E-state index contributed by atoms with van der Waals surface area (Å²) < 4.78 is 19.8. The molecule has 7 nitrogen and oxygen atoms in total. The highest BCUT2D eigenvalue weighted by molar-refractivity contribution is 5.62. The van der Waals surface area contributed by atoms with Crippen molar-refractivity contribution in [2.75, 3.05) is 30.9 Å². The van der Waals surface area contributed by atoms with Crippen LogP contribution < -0.4 is 21.9 Å². The molecule has 8 heteroatoms. The van der Waals surface area contributed by atoms with Crippen LogP contribution in [0.4, 0.5) is 15.9 Å². The van der Waals surface area contributed by atoms with Gasteiger partial charge in [0.25, 0.3) is 5.56 Å². The summed E-state index contributed by atoms with van der Waals surface area (Å²) in [5.41, 5.74) is 7.12. The Morgan fingerprint density at radius 3 is 2.43 bits per heavy atom. The molecule has 0 fully saturated rings. The zero-order valence-electron chi connectivity index (χ0n) is 16.8. The molecule has 1 heterocycles. The molecule has 3 rings (SSSR count). The van der Waals surface area contributed by atoms with Crippen LogP contribution in [0.3, 0.4) is 0 Å². The molecule has 0 atom stereocenters. The first-order valence-corrected chi connectivity index (χ1v) is 9.64. The van der Waals surface area contributed by atoms with E-state index in [0.717, 1.165) is 11.1 Å². The number of halogens is 1. The molecule has 2 aromatic carbocycles. The Bertz CT molecular complexity index is 1080. The minimum Gasteiger partial charge on any atom is -0.385 e. The molecular weight excluding hydrogens is 387 g/mol. The van der Waals surface area contributed by atoms with Gasteiger partial charge in [0.2, 0.25) is 0 Å². The molecule has 3 aromatic rings. The van der Waals surface area contributed by atoms with Gasteiger partial charge >= 0.3 is 5.69 Å². The summed E-state index contributed by atoms with van der Waals surface area (Å²) in [6.45, 7) is 1.54. The fraction of sp³-hybridized carbons (Fsp3) is 0.273. The highest BCUT2D eigenvalue weighted by atomic mass is 19.1. The van der Waals surface area contributed by atoms with E-state index in [0.29, 0.717) is 26.1 Å². The number of ether oxygens (including phenoxy) is 1. The van der Waals surface area contributed by atoms with Crippen molar-refractivity contribution in [3.8, 4) is 0 Å². The van der Waals surface area contributed by atoms with Gasteiger partial charge in [-0.2, -0.15) is 0 Å². The number of nitrogens with zero attached hydrogens (tertiary/aromatic N) is 2. The average molecular weight is 412 g/mol. The van der Waals surface area contributed by atoms with Crippen molar-refractivity contribution >= 4 is 11.5 Å². The number of hydrogen-bond acceptors (Lipinski definition) is 5. The minimum atomic E-state index is -0.566. The lowest BCUT2D eigenvalue weighted by Crippen LogP contribution is -2.39. The van der Waals surface area contributed by atoms with Crippen molar-refractivity contribution in [1.29, 1.82) is 0 Å². The van der Waals surface area contributed by atoms with Gasteiger partial charge in [0, 0.05) is 26.8 Å².